The predicted octanol–water partition coefficient (Wildman–Crippen LogP) is 2.68. The molecule has 2 amide bonds. The van der Waals surface area contributed by atoms with E-state index in [9.17, 15) is 14.4 Å². The van der Waals surface area contributed by atoms with E-state index in [2.05, 4.69) is 15.6 Å². The number of carbonyl (C=O) groups is 3. The van der Waals surface area contributed by atoms with Gasteiger partial charge in [0.1, 0.15) is 18.7 Å². The summed E-state index contributed by atoms with van der Waals surface area (Å²) in [4.78, 5) is 40.0. The number of nitrogens with one attached hydrogen (secondary N) is 3. The van der Waals surface area contributed by atoms with Crippen LogP contribution in [0.1, 0.15) is 18.1 Å². The number of carbonyl (C=O) groups excluding carboxylic acids is 3. The summed E-state index contributed by atoms with van der Waals surface area (Å²) in [6.45, 7) is 1.60. The third-order valence-electron chi connectivity index (χ3n) is 4.84. The molecule has 3 rings (SSSR count). The van der Waals surface area contributed by atoms with Gasteiger partial charge >= 0.3 is 12.1 Å². The van der Waals surface area contributed by atoms with Crippen molar-refractivity contribution in [1.82, 2.24) is 15.6 Å². The van der Waals surface area contributed by atoms with Gasteiger partial charge in [0.2, 0.25) is 5.91 Å². The van der Waals surface area contributed by atoms with E-state index in [1.807, 2.05) is 54.6 Å². The van der Waals surface area contributed by atoms with E-state index in [1.54, 1.807) is 6.20 Å². The standard InChI is InChI=1S/C23H25N3O5/c1-15(25-23(29)31-14-16-8-4-3-5-9-16)21(27)26-20(22(28)30-2)12-17-13-24-19-11-7-6-10-18(17)19/h3-11,13,15,20,24H,12,14H2,1-2H3,(H,25,29)(H,26,27)/t15-,20+/m1/s1. The Labute approximate surface area is 179 Å². The topological polar surface area (TPSA) is 110 Å². The lowest BCUT2D eigenvalue weighted by atomic mass is 10.0. The molecule has 3 N–H and O–H groups in total. The van der Waals surface area contributed by atoms with Gasteiger partial charge in [0.15, 0.2) is 0 Å². The van der Waals surface area contributed by atoms with Crippen molar-refractivity contribution in [3.05, 3.63) is 71.9 Å². The SMILES string of the molecule is COC(=O)[C@H](Cc1c[nH]c2ccccc12)NC(=O)[C@@H](C)NC(=O)OCc1ccccc1. The summed E-state index contributed by atoms with van der Waals surface area (Å²) in [7, 11) is 1.26. The second-order valence-electron chi connectivity index (χ2n) is 7.08. The first-order chi connectivity index (χ1) is 15.0. The largest absolute Gasteiger partial charge is 0.467 e. The average molecular weight is 423 g/mol. The summed E-state index contributed by atoms with van der Waals surface area (Å²) in [5.74, 6) is -1.09. The van der Waals surface area contributed by atoms with Crippen LogP contribution in [0.3, 0.4) is 0 Å². The minimum Gasteiger partial charge on any atom is -0.467 e. The summed E-state index contributed by atoms with van der Waals surface area (Å²) in [5.41, 5.74) is 2.64. The number of ether oxygens (including phenoxy) is 2. The van der Waals surface area contributed by atoms with E-state index in [4.69, 9.17) is 9.47 Å². The molecule has 0 saturated heterocycles. The van der Waals surface area contributed by atoms with Gasteiger partial charge in [-0.25, -0.2) is 9.59 Å². The highest BCUT2D eigenvalue weighted by molar-refractivity contribution is 5.90. The molecule has 31 heavy (non-hydrogen) atoms. The summed E-state index contributed by atoms with van der Waals surface area (Å²) in [6.07, 6.45) is 1.32. The van der Waals surface area contributed by atoms with Gasteiger partial charge in [0, 0.05) is 23.5 Å². The van der Waals surface area contributed by atoms with Gasteiger partial charge in [-0.1, -0.05) is 48.5 Å². The average Bonchev–Trinajstić information content (AvgIpc) is 3.20. The summed E-state index contributed by atoms with van der Waals surface area (Å²) in [5, 5.41) is 6.08. The third-order valence-corrected chi connectivity index (χ3v) is 4.84. The number of esters is 1. The first-order valence-electron chi connectivity index (χ1n) is 9.88. The molecule has 8 heteroatoms. The van der Waals surface area contributed by atoms with Crippen LogP contribution < -0.4 is 10.6 Å². The Balaban J connectivity index is 1.58. The Kier molecular flexibility index (Phi) is 7.26. The number of amides is 2. The molecule has 0 aliphatic carbocycles. The van der Waals surface area contributed by atoms with Gasteiger partial charge in [-0.15, -0.1) is 0 Å². The maximum absolute atomic E-state index is 12.6. The number of H-pyrrole nitrogens is 1. The maximum atomic E-state index is 12.6. The Morgan fingerprint density at radius 2 is 1.71 bits per heavy atom. The molecule has 2 atom stereocenters. The number of alkyl carbamates (subject to hydrolysis) is 1. The van der Waals surface area contributed by atoms with Crippen LogP contribution in [0.2, 0.25) is 0 Å². The number of benzene rings is 2. The van der Waals surface area contributed by atoms with Crippen molar-refractivity contribution >= 4 is 28.9 Å². The van der Waals surface area contributed by atoms with Crippen molar-refractivity contribution in [3.63, 3.8) is 0 Å². The lowest BCUT2D eigenvalue weighted by Crippen LogP contribution is -2.51. The minimum atomic E-state index is -0.904. The molecule has 0 aliphatic heterocycles. The van der Waals surface area contributed by atoms with Crippen molar-refractivity contribution in [2.45, 2.75) is 32.0 Å². The van der Waals surface area contributed by atoms with E-state index >= 15 is 0 Å². The van der Waals surface area contributed by atoms with Gasteiger partial charge < -0.3 is 25.1 Å². The zero-order chi connectivity index (χ0) is 22.2. The summed E-state index contributed by atoms with van der Waals surface area (Å²) >= 11 is 0. The lowest BCUT2D eigenvalue weighted by Gasteiger charge is -2.20. The van der Waals surface area contributed by atoms with Gasteiger partial charge in [0.25, 0.3) is 0 Å². The second kappa shape index (κ2) is 10.3. The van der Waals surface area contributed by atoms with Crippen LogP contribution in [0.15, 0.2) is 60.8 Å². The third kappa shape index (κ3) is 5.85. The quantitative estimate of drug-likeness (QED) is 0.483. The summed E-state index contributed by atoms with van der Waals surface area (Å²) in [6, 6.07) is 15.1. The van der Waals surface area contributed by atoms with Crippen molar-refractivity contribution in [3.8, 4) is 0 Å². The molecule has 0 bridgehead atoms. The van der Waals surface area contributed by atoms with E-state index in [1.165, 1.54) is 14.0 Å². The molecule has 0 saturated carbocycles. The summed E-state index contributed by atoms with van der Waals surface area (Å²) < 4.78 is 9.98. The molecule has 0 spiro atoms. The Bertz CT molecular complexity index is 1050. The van der Waals surface area contributed by atoms with Crippen LogP contribution >= 0.6 is 0 Å². The van der Waals surface area contributed by atoms with E-state index in [0.29, 0.717) is 0 Å². The number of aromatic amines is 1. The zero-order valence-corrected chi connectivity index (χ0v) is 17.4. The van der Waals surface area contributed by atoms with Gasteiger partial charge in [-0.2, -0.15) is 0 Å². The van der Waals surface area contributed by atoms with Crippen molar-refractivity contribution in [2.24, 2.45) is 0 Å². The van der Waals surface area contributed by atoms with E-state index in [0.717, 1.165) is 22.0 Å². The predicted molar refractivity (Wildman–Crippen MR) is 115 cm³/mol. The second-order valence-corrected chi connectivity index (χ2v) is 7.08. The van der Waals surface area contributed by atoms with Crippen LogP contribution in [-0.2, 0) is 32.1 Å². The van der Waals surface area contributed by atoms with Gasteiger partial charge in [-0.05, 0) is 24.1 Å². The molecule has 0 unspecified atom stereocenters. The van der Waals surface area contributed by atoms with Crippen LogP contribution in [0.4, 0.5) is 4.79 Å². The number of rotatable bonds is 8. The number of methoxy groups -OCH3 is 1. The molecule has 1 aromatic heterocycles. The smallest absolute Gasteiger partial charge is 0.408 e. The fourth-order valence-electron chi connectivity index (χ4n) is 3.16. The molecule has 3 aromatic rings. The van der Waals surface area contributed by atoms with Crippen LogP contribution in [0, 0.1) is 0 Å². The lowest BCUT2D eigenvalue weighted by molar-refractivity contribution is -0.145. The highest BCUT2D eigenvalue weighted by atomic mass is 16.5. The molecule has 0 aliphatic rings. The number of para-hydroxylation sites is 1. The number of fused-ring (bicyclic) bond motifs is 1. The van der Waals surface area contributed by atoms with Crippen molar-refractivity contribution < 1.29 is 23.9 Å². The molecule has 1 heterocycles. The molecule has 8 nitrogen and oxygen atoms in total. The number of hydrogen-bond acceptors (Lipinski definition) is 5. The van der Waals surface area contributed by atoms with E-state index < -0.39 is 30.1 Å². The molecular weight excluding hydrogens is 398 g/mol. The highest BCUT2D eigenvalue weighted by Gasteiger charge is 2.26. The Hall–Kier alpha value is -3.81. The van der Waals surface area contributed by atoms with Crippen molar-refractivity contribution in [2.75, 3.05) is 7.11 Å². The Morgan fingerprint density at radius 3 is 2.45 bits per heavy atom. The van der Waals surface area contributed by atoms with Gasteiger partial charge in [-0.3, -0.25) is 4.79 Å². The fraction of sp³-hybridized carbons (Fsp3) is 0.261. The fourth-order valence-corrected chi connectivity index (χ4v) is 3.16. The van der Waals surface area contributed by atoms with Crippen molar-refractivity contribution in [1.29, 1.82) is 0 Å². The van der Waals surface area contributed by atoms with Gasteiger partial charge in [0.05, 0.1) is 7.11 Å². The molecular formula is C23H25N3O5. The molecule has 0 radical (unpaired) electrons. The van der Waals surface area contributed by atoms with Crippen LogP contribution in [-0.4, -0.2) is 42.1 Å². The van der Waals surface area contributed by atoms with Crippen LogP contribution in [0.25, 0.3) is 10.9 Å². The molecule has 2 aromatic carbocycles. The first-order valence-corrected chi connectivity index (χ1v) is 9.88. The monoisotopic (exact) mass is 423 g/mol. The Morgan fingerprint density at radius 1 is 1.00 bits per heavy atom. The maximum Gasteiger partial charge on any atom is 0.408 e. The zero-order valence-electron chi connectivity index (χ0n) is 17.4. The number of aromatic nitrogens is 1. The molecule has 0 fully saturated rings. The molecule has 162 valence electrons. The minimum absolute atomic E-state index is 0.0896. The first kappa shape index (κ1) is 21.9. The normalized spacial score (nSPS) is 12.6. The number of hydrogen-bond donors (Lipinski definition) is 3. The highest BCUT2D eigenvalue weighted by Crippen LogP contribution is 2.19. The van der Waals surface area contributed by atoms with E-state index in [-0.39, 0.29) is 13.0 Å². The van der Waals surface area contributed by atoms with Crippen LogP contribution in [0.5, 0.6) is 0 Å².